The van der Waals surface area contributed by atoms with Crippen molar-refractivity contribution in [3.63, 3.8) is 0 Å². The fraction of sp³-hybridized carbons (Fsp3) is 0.231. The third-order valence-corrected chi connectivity index (χ3v) is 3.51. The average Bonchev–Trinajstić information content (AvgIpc) is 2.64. The summed E-state index contributed by atoms with van der Waals surface area (Å²) >= 11 is -1.40. The lowest BCUT2D eigenvalue weighted by Crippen LogP contribution is -2.07. The quantitative estimate of drug-likeness (QED) is 0.892. The highest BCUT2D eigenvalue weighted by molar-refractivity contribution is 7.84. The van der Waals surface area contributed by atoms with Gasteiger partial charge in [0.05, 0.1) is 12.0 Å². The second kappa shape index (κ2) is 5.80. The van der Waals surface area contributed by atoms with Crippen molar-refractivity contribution in [3.05, 3.63) is 53.1 Å². The topological polar surface area (TPSA) is 38.3 Å². The molecule has 1 aliphatic heterocycles. The standard InChI is InChI=1S/C13H15NO2S/c1-16-17(15)13-9-12(7-8-14-10-13)11-5-3-2-4-6-11/h2-6,9-10,14H,7-8H2,1H3. The molecule has 0 aromatic heterocycles. The summed E-state index contributed by atoms with van der Waals surface area (Å²) in [4.78, 5) is 0.670. The summed E-state index contributed by atoms with van der Waals surface area (Å²) in [6.07, 6.45) is 4.61. The van der Waals surface area contributed by atoms with Crippen LogP contribution < -0.4 is 5.32 Å². The van der Waals surface area contributed by atoms with E-state index in [1.807, 2.05) is 24.3 Å². The van der Waals surface area contributed by atoms with Crippen LogP contribution in [0.2, 0.25) is 0 Å². The first-order chi connectivity index (χ1) is 8.31. The SMILES string of the molecule is COS(=O)C1=CNCCC(c2ccccc2)=C1. The van der Waals surface area contributed by atoms with Crippen LogP contribution in [0.4, 0.5) is 0 Å². The molecular formula is C13H15NO2S. The Hall–Kier alpha value is -1.39. The van der Waals surface area contributed by atoms with Crippen LogP contribution in [0.3, 0.4) is 0 Å². The third-order valence-electron chi connectivity index (χ3n) is 2.59. The number of hydrogen-bond acceptors (Lipinski definition) is 3. The molecule has 1 aliphatic rings. The second-order valence-electron chi connectivity index (χ2n) is 3.69. The van der Waals surface area contributed by atoms with Gasteiger partial charge in [-0.15, -0.1) is 0 Å². The van der Waals surface area contributed by atoms with Gasteiger partial charge in [0.2, 0.25) is 0 Å². The van der Waals surface area contributed by atoms with Crippen LogP contribution >= 0.6 is 0 Å². The number of nitrogens with one attached hydrogen (secondary N) is 1. The first-order valence-corrected chi connectivity index (χ1v) is 6.54. The maximum atomic E-state index is 11.6. The third kappa shape index (κ3) is 3.05. The molecule has 2 rings (SSSR count). The van der Waals surface area contributed by atoms with Crippen LogP contribution in [0.25, 0.3) is 5.57 Å². The lowest BCUT2D eigenvalue weighted by atomic mass is 10.0. The van der Waals surface area contributed by atoms with Crippen LogP contribution in [0.5, 0.6) is 0 Å². The van der Waals surface area contributed by atoms with Gasteiger partial charge in [0, 0.05) is 12.7 Å². The van der Waals surface area contributed by atoms with Crippen molar-refractivity contribution in [2.24, 2.45) is 0 Å². The van der Waals surface area contributed by atoms with Gasteiger partial charge in [0.25, 0.3) is 0 Å². The van der Waals surface area contributed by atoms with E-state index in [9.17, 15) is 4.21 Å². The largest absolute Gasteiger partial charge is 0.390 e. The minimum atomic E-state index is -1.40. The highest BCUT2D eigenvalue weighted by Crippen LogP contribution is 2.22. The second-order valence-corrected chi connectivity index (χ2v) is 4.96. The lowest BCUT2D eigenvalue weighted by molar-refractivity contribution is 0.451. The molecule has 1 aromatic carbocycles. The van der Waals surface area contributed by atoms with Crippen molar-refractivity contribution in [2.45, 2.75) is 6.42 Å². The Bertz CT molecular complexity index is 466. The summed E-state index contributed by atoms with van der Waals surface area (Å²) in [6, 6.07) is 10.1. The van der Waals surface area contributed by atoms with Crippen molar-refractivity contribution >= 4 is 16.7 Å². The Labute approximate surface area is 104 Å². The molecular weight excluding hydrogens is 234 g/mol. The van der Waals surface area contributed by atoms with E-state index in [1.165, 1.54) is 12.7 Å². The van der Waals surface area contributed by atoms with Crippen molar-refractivity contribution in [2.75, 3.05) is 13.7 Å². The molecule has 17 heavy (non-hydrogen) atoms. The highest BCUT2D eigenvalue weighted by atomic mass is 32.2. The van der Waals surface area contributed by atoms with Crippen LogP contribution in [0.15, 0.2) is 47.5 Å². The zero-order valence-electron chi connectivity index (χ0n) is 9.68. The predicted molar refractivity (Wildman–Crippen MR) is 70.3 cm³/mol. The molecule has 1 atom stereocenters. The van der Waals surface area contributed by atoms with Crippen LogP contribution in [-0.4, -0.2) is 17.9 Å². The molecule has 4 heteroatoms. The van der Waals surface area contributed by atoms with E-state index in [0.717, 1.165) is 18.5 Å². The Balaban J connectivity index is 2.31. The normalized spacial score (nSPS) is 17.5. The van der Waals surface area contributed by atoms with Crippen molar-refractivity contribution < 1.29 is 8.39 Å². The van der Waals surface area contributed by atoms with Crippen molar-refractivity contribution in [3.8, 4) is 0 Å². The average molecular weight is 249 g/mol. The van der Waals surface area contributed by atoms with E-state index < -0.39 is 11.1 Å². The predicted octanol–water partition coefficient (Wildman–Crippen LogP) is 2.21. The molecule has 0 radical (unpaired) electrons. The van der Waals surface area contributed by atoms with Gasteiger partial charge in [-0.1, -0.05) is 30.3 Å². The van der Waals surface area contributed by atoms with E-state index in [1.54, 1.807) is 6.20 Å². The molecule has 1 unspecified atom stereocenters. The van der Waals surface area contributed by atoms with Crippen molar-refractivity contribution in [1.29, 1.82) is 0 Å². The zero-order valence-corrected chi connectivity index (χ0v) is 10.5. The van der Waals surface area contributed by atoms with Gasteiger partial charge >= 0.3 is 0 Å². The minimum Gasteiger partial charge on any atom is -0.390 e. The van der Waals surface area contributed by atoms with E-state index in [-0.39, 0.29) is 0 Å². The Morgan fingerprint density at radius 2 is 2.06 bits per heavy atom. The molecule has 0 fully saturated rings. The molecule has 0 saturated heterocycles. The Kier molecular flexibility index (Phi) is 4.12. The number of rotatable bonds is 3. The van der Waals surface area contributed by atoms with E-state index in [0.29, 0.717) is 4.91 Å². The maximum absolute atomic E-state index is 11.6. The van der Waals surface area contributed by atoms with Gasteiger partial charge in [0.1, 0.15) is 0 Å². The van der Waals surface area contributed by atoms with Gasteiger partial charge in [0.15, 0.2) is 11.1 Å². The minimum absolute atomic E-state index is 0.670. The number of allylic oxidation sites excluding steroid dienone is 1. The number of benzene rings is 1. The first kappa shape index (κ1) is 12.1. The Morgan fingerprint density at radius 3 is 2.76 bits per heavy atom. The molecule has 0 saturated carbocycles. The smallest absolute Gasteiger partial charge is 0.190 e. The summed E-state index contributed by atoms with van der Waals surface area (Å²) < 4.78 is 16.5. The molecule has 0 bridgehead atoms. The number of hydrogen-bond donors (Lipinski definition) is 1. The molecule has 1 heterocycles. The summed E-state index contributed by atoms with van der Waals surface area (Å²) in [5.74, 6) is 0. The molecule has 1 N–H and O–H groups in total. The summed E-state index contributed by atoms with van der Waals surface area (Å²) in [5, 5.41) is 3.13. The van der Waals surface area contributed by atoms with Gasteiger partial charge < -0.3 is 5.32 Å². The molecule has 90 valence electrons. The maximum Gasteiger partial charge on any atom is 0.190 e. The molecule has 0 spiro atoms. The van der Waals surface area contributed by atoms with Gasteiger partial charge in [-0.3, -0.25) is 4.18 Å². The zero-order chi connectivity index (χ0) is 12.1. The van der Waals surface area contributed by atoms with Crippen molar-refractivity contribution in [1.82, 2.24) is 5.32 Å². The van der Waals surface area contributed by atoms with E-state index in [4.69, 9.17) is 4.18 Å². The van der Waals surface area contributed by atoms with Gasteiger partial charge in [-0.2, -0.15) is 0 Å². The fourth-order valence-electron chi connectivity index (χ4n) is 1.74. The van der Waals surface area contributed by atoms with Crippen LogP contribution in [-0.2, 0) is 15.3 Å². The van der Waals surface area contributed by atoms with Gasteiger partial charge in [-0.05, 0) is 23.6 Å². The monoisotopic (exact) mass is 249 g/mol. The molecule has 3 nitrogen and oxygen atoms in total. The van der Waals surface area contributed by atoms with Crippen LogP contribution in [0.1, 0.15) is 12.0 Å². The molecule has 0 amide bonds. The Morgan fingerprint density at radius 1 is 1.29 bits per heavy atom. The molecule has 0 aliphatic carbocycles. The first-order valence-electron chi connectivity index (χ1n) is 5.47. The fourth-order valence-corrected chi connectivity index (χ4v) is 2.35. The van der Waals surface area contributed by atoms with Gasteiger partial charge in [-0.25, -0.2) is 4.21 Å². The summed E-state index contributed by atoms with van der Waals surface area (Å²) in [7, 11) is 1.44. The van der Waals surface area contributed by atoms with E-state index in [2.05, 4.69) is 17.4 Å². The summed E-state index contributed by atoms with van der Waals surface area (Å²) in [6.45, 7) is 0.838. The highest BCUT2D eigenvalue weighted by Gasteiger charge is 2.10. The summed E-state index contributed by atoms with van der Waals surface area (Å²) in [5.41, 5.74) is 2.34. The lowest BCUT2D eigenvalue weighted by Gasteiger charge is -2.05. The van der Waals surface area contributed by atoms with Crippen LogP contribution in [0, 0.1) is 0 Å². The van der Waals surface area contributed by atoms with E-state index >= 15 is 0 Å². The molecule has 1 aromatic rings.